The average molecular weight is 341 g/mol. The molecule has 0 saturated heterocycles. The summed E-state index contributed by atoms with van der Waals surface area (Å²) in [5.74, 6) is -1.79. The summed E-state index contributed by atoms with van der Waals surface area (Å²) >= 11 is 0. The topological polar surface area (TPSA) is 87.8 Å². The van der Waals surface area contributed by atoms with E-state index >= 15 is 0 Å². The number of benzene rings is 1. The fourth-order valence-corrected chi connectivity index (χ4v) is 3.47. The van der Waals surface area contributed by atoms with E-state index in [2.05, 4.69) is 0 Å². The lowest BCUT2D eigenvalue weighted by Gasteiger charge is -2.20. The number of furan rings is 1. The van der Waals surface area contributed by atoms with Crippen LogP contribution in [0.5, 0.6) is 0 Å². The van der Waals surface area contributed by atoms with Crippen LogP contribution in [-0.4, -0.2) is 30.3 Å². The molecule has 0 aliphatic carbocycles. The molecule has 2 aromatic rings. The number of rotatable bonds is 7. The predicted octanol–water partition coefficient (Wildman–Crippen LogP) is 2.72. The second-order valence-corrected chi connectivity index (χ2v) is 6.76. The van der Waals surface area contributed by atoms with Crippen LogP contribution in [0.2, 0.25) is 0 Å². The van der Waals surface area contributed by atoms with Gasteiger partial charge in [-0.1, -0.05) is 25.1 Å². The van der Waals surface area contributed by atoms with Crippen molar-refractivity contribution in [2.45, 2.75) is 25.0 Å². The molecule has 0 atom stereocenters. The van der Waals surface area contributed by atoms with Gasteiger partial charge < -0.3 is 9.52 Å². The highest BCUT2D eigenvalue weighted by Gasteiger charge is 2.29. The molecule has 23 heavy (non-hydrogen) atoms. The average Bonchev–Trinajstić information content (AvgIpc) is 2.99. The predicted molar refractivity (Wildman–Crippen MR) is 80.0 cm³/mol. The van der Waals surface area contributed by atoms with Crippen molar-refractivity contribution in [3.05, 3.63) is 53.5 Å². The molecular weight excluding hydrogens is 325 g/mol. The summed E-state index contributed by atoms with van der Waals surface area (Å²) in [6, 6.07) is 6.83. The minimum Gasteiger partial charge on any atom is -0.478 e. The first-order valence-corrected chi connectivity index (χ1v) is 8.35. The maximum absolute atomic E-state index is 13.8. The summed E-state index contributed by atoms with van der Waals surface area (Å²) in [5.41, 5.74) is -0.0274. The van der Waals surface area contributed by atoms with Crippen LogP contribution in [0, 0.1) is 5.82 Å². The molecule has 2 rings (SSSR count). The van der Waals surface area contributed by atoms with Gasteiger partial charge in [-0.05, 0) is 12.5 Å². The van der Waals surface area contributed by atoms with Crippen LogP contribution >= 0.6 is 0 Å². The van der Waals surface area contributed by atoms with Crippen molar-refractivity contribution in [1.82, 2.24) is 4.31 Å². The van der Waals surface area contributed by atoms with Crippen LogP contribution in [-0.2, 0) is 16.6 Å². The van der Waals surface area contributed by atoms with E-state index in [0.717, 1.165) is 16.6 Å². The van der Waals surface area contributed by atoms with Crippen molar-refractivity contribution in [2.24, 2.45) is 0 Å². The molecule has 0 amide bonds. The molecule has 0 saturated carbocycles. The molecule has 6 nitrogen and oxygen atoms in total. The van der Waals surface area contributed by atoms with Crippen LogP contribution < -0.4 is 0 Å². The van der Waals surface area contributed by atoms with Gasteiger partial charge in [0.05, 0.1) is 5.56 Å². The molecule has 0 radical (unpaired) electrons. The molecule has 8 heteroatoms. The number of aromatic carboxylic acids is 1. The Kier molecular flexibility index (Phi) is 5.17. The summed E-state index contributed by atoms with van der Waals surface area (Å²) in [5, 5.41) is 8.39. The lowest BCUT2D eigenvalue weighted by molar-refractivity contribution is 0.0696. The minimum absolute atomic E-state index is 0.153. The SMILES string of the molecule is CCCN(Cc1ccccc1F)S(=O)(=O)c1cc(C(=O)O)co1. The van der Waals surface area contributed by atoms with Gasteiger partial charge in [0.25, 0.3) is 10.0 Å². The fraction of sp³-hybridized carbons (Fsp3) is 0.267. The number of hydrogen-bond acceptors (Lipinski definition) is 4. The number of carboxylic acids is 1. The first-order chi connectivity index (χ1) is 10.9. The van der Waals surface area contributed by atoms with Crippen molar-refractivity contribution in [1.29, 1.82) is 0 Å². The minimum atomic E-state index is -4.05. The van der Waals surface area contributed by atoms with E-state index in [1.165, 1.54) is 18.2 Å². The van der Waals surface area contributed by atoms with Gasteiger partial charge in [-0.25, -0.2) is 17.6 Å². The van der Waals surface area contributed by atoms with Gasteiger partial charge in [0, 0.05) is 24.7 Å². The van der Waals surface area contributed by atoms with Crippen LogP contribution in [0.15, 0.2) is 46.1 Å². The van der Waals surface area contributed by atoms with E-state index in [1.807, 2.05) is 0 Å². The Morgan fingerprint density at radius 1 is 1.35 bits per heavy atom. The molecule has 0 aliphatic heterocycles. The van der Waals surface area contributed by atoms with Crippen molar-refractivity contribution >= 4 is 16.0 Å². The van der Waals surface area contributed by atoms with Crippen LogP contribution in [0.1, 0.15) is 29.3 Å². The van der Waals surface area contributed by atoms with Crippen molar-refractivity contribution in [3.8, 4) is 0 Å². The number of hydrogen-bond donors (Lipinski definition) is 1. The van der Waals surface area contributed by atoms with Crippen LogP contribution in [0.25, 0.3) is 0 Å². The molecule has 0 unspecified atom stereocenters. The third-order valence-corrected chi connectivity index (χ3v) is 4.91. The van der Waals surface area contributed by atoms with E-state index < -0.39 is 26.9 Å². The zero-order chi connectivity index (χ0) is 17.0. The van der Waals surface area contributed by atoms with Gasteiger partial charge in [0.15, 0.2) is 0 Å². The Morgan fingerprint density at radius 2 is 2.04 bits per heavy atom. The number of nitrogens with zero attached hydrogens (tertiary/aromatic N) is 1. The summed E-state index contributed by atoms with van der Waals surface area (Å²) in [7, 11) is -4.05. The second-order valence-electron chi connectivity index (χ2n) is 4.89. The number of halogens is 1. The number of carbonyl (C=O) groups is 1. The molecule has 0 aliphatic rings. The summed E-state index contributed by atoms with van der Waals surface area (Å²) in [6.07, 6.45) is 1.38. The molecule has 124 valence electrons. The zero-order valence-corrected chi connectivity index (χ0v) is 13.2. The van der Waals surface area contributed by atoms with E-state index in [4.69, 9.17) is 9.52 Å². The highest BCUT2D eigenvalue weighted by Crippen LogP contribution is 2.22. The first-order valence-electron chi connectivity index (χ1n) is 6.91. The highest BCUT2D eigenvalue weighted by molar-refractivity contribution is 7.89. The maximum Gasteiger partial charge on any atom is 0.339 e. The Labute approximate surface area is 133 Å². The van der Waals surface area contributed by atoms with Gasteiger partial charge >= 0.3 is 5.97 Å². The third-order valence-electron chi connectivity index (χ3n) is 3.19. The summed E-state index contributed by atoms with van der Waals surface area (Å²) < 4.78 is 44.9. The van der Waals surface area contributed by atoms with E-state index in [-0.39, 0.29) is 24.2 Å². The standard InChI is InChI=1S/C15H16FNO5S/c1-2-7-17(9-11-5-3-4-6-13(11)16)23(20,21)14-8-12(10-22-14)15(18)19/h3-6,8,10H,2,7,9H2,1H3,(H,18,19). The van der Waals surface area contributed by atoms with Gasteiger partial charge in [0.2, 0.25) is 5.09 Å². The monoisotopic (exact) mass is 341 g/mol. The Morgan fingerprint density at radius 3 is 2.61 bits per heavy atom. The molecule has 0 spiro atoms. The largest absolute Gasteiger partial charge is 0.478 e. The van der Waals surface area contributed by atoms with Crippen LogP contribution in [0.3, 0.4) is 0 Å². The normalized spacial score (nSPS) is 11.8. The molecule has 1 heterocycles. The van der Waals surface area contributed by atoms with E-state index in [1.54, 1.807) is 13.0 Å². The molecule has 0 bridgehead atoms. The molecule has 0 fully saturated rings. The molecule has 1 aromatic heterocycles. The highest BCUT2D eigenvalue weighted by atomic mass is 32.2. The quantitative estimate of drug-likeness (QED) is 0.836. The zero-order valence-electron chi connectivity index (χ0n) is 12.4. The summed E-state index contributed by atoms with van der Waals surface area (Å²) in [6.45, 7) is 1.78. The first kappa shape index (κ1) is 17.2. The summed E-state index contributed by atoms with van der Waals surface area (Å²) in [4.78, 5) is 10.9. The van der Waals surface area contributed by atoms with Gasteiger partial charge in [-0.15, -0.1) is 0 Å². The number of carboxylic acid groups (broad SMARTS) is 1. The lowest BCUT2D eigenvalue weighted by Crippen LogP contribution is -2.31. The van der Waals surface area contributed by atoms with Gasteiger partial charge in [-0.2, -0.15) is 4.31 Å². The Hall–Kier alpha value is -2.19. The van der Waals surface area contributed by atoms with Crippen molar-refractivity contribution in [3.63, 3.8) is 0 Å². The van der Waals surface area contributed by atoms with Crippen molar-refractivity contribution < 1.29 is 27.1 Å². The number of sulfonamides is 1. The Bertz CT molecular complexity index is 800. The third kappa shape index (κ3) is 3.77. The fourth-order valence-electron chi connectivity index (χ4n) is 2.04. The lowest BCUT2D eigenvalue weighted by atomic mass is 10.2. The van der Waals surface area contributed by atoms with E-state index in [9.17, 15) is 17.6 Å². The smallest absolute Gasteiger partial charge is 0.339 e. The van der Waals surface area contributed by atoms with Crippen LogP contribution in [0.4, 0.5) is 4.39 Å². The Balaban J connectivity index is 2.34. The van der Waals surface area contributed by atoms with Gasteiger partial charge in [0.1, 0.15) is 12.1 Å². The molecular formula is C15H16FNO5S. The molecule has 1 N–H and O–H groups in total. The van der Waals surface area contributed by atoms with Crippen molar-refractivity contribution in [2.75, 3.05) is 6.54 Å². The van der Waals surface area contributed by atoms with Gasteiger partial charge in [-0.3, -0.25) is 0 Å². The molecule has 1 aromatic carbocycles. The van der Waals surface area contributed by atoms with E-state index in [0.29, 0.717) is 6.42 Å². The second kappa shape index (κ2) is 6.93. The maximum atomic E-state index is 13.8.